The van der Waals surface area contributed by atoms with Crippen molar-refractivity contribution in [3.05, 3.63) is 23.8 Å². The van der Waals surface area contributed by atoms with Crippen LogP contribution in [0.15, 0.2) is 23.8 Å². The van der Waals surface area contributed by atoms with E-state index in [0.717, 1.165) is 24.7 Å². The molecule has 0 aromatic carbocycles. The van der Waals surface area contributed by atoms with Crippen molar-refractivity contribution in [1.82, 2.24) is 0 Å². The number of hydrogen-bond acceptors (Lipinski definition) is 1. The third kappa shape index (κ3) is 5.46. The molecule has 0 radical (unpaired) electrons. The second kappa shape index (κ2) is 9.40. The summed E-state index contributed by atoms with van der Waals surface area (Å²) in [6.45, 7) is 11.8. The number of rotatable bonds is 6. The van der Waals surface area contributed by atoms with E-state index in [0.29, 0.717) is 11.8 Å². The number of hydrogen-bond donors (Lipinski definition) is 1. The van der Waals surface area contributed by atoms with Gasteiger partial charge in [0, 0.05) is 0 Å². The summed E-state index contributed by atoms with van der Waals surface area (Å²) < 4.78 is 0. The average molecular weight is 347 g/mol. The molecule has 0 aromatic rings. The van der Waals surface area contributed by atoms with Crippen molar-refractivity contribution in [3.63, 3.8) is 0 Å². The maximum absolute atomic E-state index is 11.1. The number of allylic oxidation sites excluding steroid dienone is 4. The van der Waals surface area contributed by atoms with E-state index in [4.69, 9.17) is 0 Å². The minimum Gasteiger partial charge on any atom is -0.393 e. The van der Waals surface area contributed by atoms with E-state index in [1.165, 1.54) is 44.9 Å². The first-order chi connectivity index (χ1) is 11.9. The van der Waals surface area contributed by atoms with Crippen LogP contribution in [-0.2, 0) is 0 Å². The quantitative estimate of drug-likeness (QED) is 0.517. The van der Waals surface area contributed by atoms with Crippen molar-refractivity contribution in [2.45, 2.75) is 98.5 Å². The van der Waals surface area contributed by atoms with Crippen molar-refractivity contribution in [3.8, 4) is 0 Å². The van der Waals surface area contributed by atoms with Crippen LogP contribution in [0.25, 0.3) is 0 Å². The van der Waals surface area contributed by atoms with Crippen LogP contribution in [0.3, 0.4) is 0 Å². The van der Waals surface area contributed by atoms with Gasteiger partial charge in [0.25, 0.3) is 0 Å². The van der Waals surface area contributed by atoms with Crippen LogP contribution in [0.1, 0.15) is 92.4 Å². The summed E-state index contributed by atoms with van der Waals surface area (Å²) in [5.74, 6) is 2.50. The number of aliphatic hydroxyl groups is 1. The Morgan fingerprint density at radius 1 is 1.20 bits per heavy atom. The van der Waals surface area contributed by atoms with Crippen LogP contribution in [0.5, 0.6) is 0 Å². The molecule has 0 saturated carbocycles. The minimum atomic E-state index is -0.141. The summed E-state index contributed by atoms with van der Waals surface area (Å²) in [5, 5.41) is 11.1. The van der Waals surface area contributed by atoms with Gasteiger partial charge in [0.2, 0.25) is 0 Å². The monoisotopic (exact) mass is 346 g/mol. The molecule has 2 aliphatic rings. The molecule has 2 aliphatic carbocycles. The average Bonchev–Trinajstić information content (AvgIpc) is 2.60. The van der Waals surface area contributed by atoms with Gasteiger partial charge in [-0.3, -0.25) is 0 Å². The van der Waals surface area contributed by atoms with Crippen molar-refractivity contribution >= 4 is 0 Å². The highest BCUT2D eigenvalue weighted by Crippen LogP contribution is 2.49. The molecule has 1 nitrogen and oxygen atoms in total. The van der Waals surface area contributed by atoms with Gasteiger partial charge in [0.05, 0.1) is 6.10 Å². The van der Waals surface area contributed by atoms with Gasteiger partial charge >= 0.3 is 0 Å². The van der Waals surface area contributed by atoms with Gasteiger partial charge in [-0.1, -0.05) is 57.9 Å². The van der Waals surface area contributed by atoms with Crippen LogP contribution in [0, 0.1) is 29.1 Å². The van der Waals surface area contributed by atoms with E-state index in [9.17, 15) is 5.11 Å². The Kier molecular flexibility index (Phi) is 7.80. The highest BCUT2D eigenvalue weighted by atomic mass is 16.3. The van der Waals surface area contributed by atoms with Crippen LogP contribution >= 0.6 is 0 Å². The van der Waals surface area contributed by atoms with Gasteiger partial charge in [0.15, 0.2) is 0 Å². The lowest BCUT2D eigenvalue weighted by Gasteiger charge is -2.47. The van der Waals surface area contributed by atoms with Crippen molar-refractivity contribution in [2.24, 2.45) is 29.1 Å². The topological polar surface area (TPSA) is 20.2 Å². The largest absolute Gasteiger partial charge is 0.393 e. The first-order valence-corrected chi connectivity index (χ1v) is 10.9. The summed E-state index contributed by atoms with van der Waals surface area (Å²) in [5.41, 5.74) is 1.74. The molecule has 0 aliphatic heterocycles. The lowest BCUT2D eigenvalue weighted by Crippen LogP contribution is -2.43. The first kappa shape index (κ1) is 20.7. The SMILES string of the molecule is CCC(C)CCC(O)C1CCCC(C)=CC(C2CC=CCC2)C1(C)C. The van der Waals surface area contributed by atoms with Crippen LogP contribution in [-0.4, -0.2) is 11.2 Å². The summed E-state index contributed by atoms with van der Waals surface area (Å²) in [7, 11) is 0. The highest BCUT2D eigenvalue weighted by molar-refractivity contribution is 5.11. The fraction of sp³-hybridized carbons (Fsp3) is 0.833. The molecule has 5 unspecified atom stereocenters. The second-order valence-corrected chi connectivity index (χ2v) is 9.56. The molecular weight excluding hydrogens is 304 g/mol. The molecule has 2 rings (SSSR count). The molecule has 25 heavy (non-hydrogen) atoms. The fourth-order valence-corrected chi connectivity index (χ4v) is 5.26. The summed E-state index contributed by atoms with van der Waals surface area (Å²) in [4.78, 5) is 0. The predicted octanol–water partition coefficient (Wildman–Crippen LogP) is 6.92. The van der Waals surface area contributed by atoms with Gasteiger partial charge in [-0.25, -0.2) is 0 Å². The summed E-state index contributed by atoms with van der Waals surface area (Å²) in [6, 6.07) is 0. The molecule has 0 heterocycles. The molecule has 1 heteroatoms. The minimum absolute atomic E-state index is 0.141. The van der Waals surface area contributed by atoms with Gasteiger partial charge < -0.3 is 5.11 Å². The van der Waals surface area contributed by atoms with Gasteiger partial charge in [-0.2, -0.15) is 0 Å². The number of aliphatic hydroxyl groups excluding tert-OH is 1. The molecule has 0 fully saturated rings. The summed E-state index contributed by atoms with van der Waals surface area (Å²) >= 11 is 0. The Hall–Kier alpha value is -0.560. The Morgan fingerprint density at radius 3 is 2.60 bits per heavy atom. The molecule has 144 valence electrons. The van der Waals surface area contributed by atoms with E-state index in [1.54, 1.807) is 5.57 Å². The highest BCUT2D eigenvalue weighted by Gasteiger charge is 2.43. The van der Waals surface area contributed by atoms with E-state index in [1.807, 2.05) is 0 Å². The van der Waals surface area contributed by atoms with E-state index < -0.39 is 0 Å². The molecule has 0 saturated heterocycles. The molecule has 0 aromatic heterocycles. The van der Waals surface area contributed by atoms with Gasteiger partial charge in [-0.15, -0.1) is 0 Å². The lowest BCUT2D eigenvalue weighted by molar-refractivity contribution is -0.0180. The molecular formula is C24H42O. The zero-order chi connectivity index (χ0) is 18.4. The zero-order valence-electron chi connectivity index (χ0n) is 17.4. The maximum Gasteiger partial charge on any atom is 0.0573 e. The first-order valence-electron chi connectivity index (χ1n) is 10.9. The lowest BCUT2D eigenvalue weighted by atomic mass is 9.58. The van der Waals surface area contributed by atoms with E-state index >= 15 is 0 Å². The molecule has 0 bridgehead atoms. The normalized spacial score (nSPS) is 32.4. The smallest absolute Gasteiger partial charge is 0.0573 e. The molecule has 5 atom stereocenters. The third-order valence-corrected chi connectivity index (χ3v) is 7.30. The second-order valence-electron chi connectivity index (χ2n) is 9.56. The van der Waals surface area contributed by atoms with Crippen LogP contribution in [0.2, 0.25) is 0 Å². The van der Waals surface area contributed by atoms with Crippen molar-refractivity contribution in [1.29, 1.82) is 0 Å². The zero-order valence-corrected chi connectivity index (χ0v) is 17.4. The Balaban J connectivity index is 2.19. The van der Waals surface area contributed by atoms with Crippen molar-refractivity contribution in [2.75, 3.05) is 0 Å². The third-order valence-electron chi connectivity index (χ3n) is 7.30. The van der Waals surface area contributed by atoms with Crippen LogP contribution < -0.4 is 0 Å². The summed E-state index contributed by atoms with van der Waals surface area (Å²) in [6.07, 6.45) is 17.9. The molecule has 0 spiro atoms. The standard InChI is InChI=1S/C24H42O/c1-6-18(2)15-16-23(25)21-14-10-11-19(3)17-22(24(21,4)5)20-12-8-7-9-13-20/h7-8,17-18,20-23,25H,6,9-16H2,1-5H3. The predicted molar refractivity (Wildman–Crippen MR) is 110 cm³/mol. The van der Waals surface area contributed by atoms with Crippen LogP contribution in [0.4, 0.5) is 0 Å². The fourth-order valence-electron chi connectivity index (χ4n) is 5.26. The Morgan fingerprint density at radius 2 is 1.96 bits per heavy atom. The maximum atomic E-state index is 11.1. The van der Waals surface area contributed by atoms with E-state index in [-0.39, 0.29) is 11.5 Å². The molecule has 0 amide bonds. The van der Waals surface area contributed by atoms with Gasteiger partial charge in [-0.05, 0) is 87.4 Å². The Bertz CT molecular complexity index is 459. The van der Waals surface area contributed by atoms with Gasteiger partial charge in [0.1, 0.15) is 0 Å². The van der Waals surface area contributed by atoms with E-state index in [2.05, 4.69) is 52.8 Å². The Labute approximate surface area is 157 Å². The van der Waals surface area contributed by atoms with Crippen molar-refractivity contribution < 1.29 is 5.11 Å². The molecule has 1 N–H and O–H groups in total.